The molecule has 6 rings (SSSR count). The van der Waals surface area contributed by atoms with Gasteiger partial charge in [0.25, 0.3) is 0 Å². The van der Waals surface area contributed by atoms with Crippen LogP contribution >= 0.6 is 0 Å². The number of piperidine rings is 2. The van der Waals surface area contributed by atoms with Gasteiger partial charge >= 0.3 is 0 Å². The minimum Gasteiger partial charge on any atom is -0.497 e. The number of benzene rings is 2. The largest absolute Gasteiger partial charge is 0.497 e. The molecule has 2 saturated heterocycles. The molecule has 4 heterocycles. The average molecular weight is 877 g/mol. The fourth-order valence-electron chi connectivity index (χ4n) is 6.44. The lowest BCUT2D eigenvalue weighted by Crippen LogP contribution is -2.41. The topological polar surface area (TPSA) is 270 Å². The van der Waals surface area contributed by atoms with E-state index in [2.05, 4.69) is 25.3 Å². The Kier molecular flexibility index (Phi) is 17.9. The van der Waals surface area contributed by atoms with E-state index in [1.807, 2.05) is 9.80 Å². The lowest BCUT2D eigenvalue weighted by molar-refractivity contribution is -0.130. The quantitative estimate of drug-likeness (QED) is 0.118. The Bertz CT molecular complexity index is 2230. The number of rotatable bonds is 12. The molecule has 20 heteroatoms. The van der Waals surface area contributed by atoms with Gasteiger partial charge in [0.2, 0.25) is 34.5 Å². The van der Waals surface area contributed by atoms with E-state index in [4.69, 9.17) is 36.1 Å². The highest BCUT2D eigenvalue weighted by Gasteiger charge is 2.24. The highest BCUT2D eigenvalue weighted by Crippen LogP contribution is 2.29. The molecular formula is C42H56N10O9S. The number of carbonyl (C=O) groups is 4. The van der Waals surface area contributed by atoms with Gasteiger partial charge < -0.3 is 51.3 Å². The van der Waals surface area contributed by atoms with Crippen LogP contribution in [0.2, 0.25) is 0 Å². The standard InChI is InChI=1S/C20H25N5O4.C15H17N3O4S.C7H14N2O/c1-12(26)25-8-6-13(7-9-25)23-20-22-11-16(19(21)24-20)18(27)15-10-14(28-2)4-5-17(15)29-3;1-4-23(20)15-17-8-11(14(16)18-15)13(19)10-7-9(21-2)5-6-12(10)22-3;1-6(10)9-4-2-7(8)3-5-9/h4-5,10-11,13H,6-9H2,1-3H3,(H3,21,22,23,24);5-8H,4H2,1-3H3,(H2,16,17,18);7H,2-5,8H2,1H3. The van der Waals surface area contributed by atoms with Gasteiger partial charge in [-0.2, -0.15) is 4.98 Å². The second-order valence-corrected chi connectivity index (χ2v) is 15.8. The van der Waals surface area contributed by atoms with Gasteiger partial charge in [0, 0.05) is 70.3 Å². The van der Waals surface area contributed by atoms with Gasteiger partial charge in [-0.1, -0.05) is 6.92 Å². The van der Waals surface area contributed by atoms with Crippen LogP contribution in [0.15, 0.2) is 53.9 Å². The molecule has 0 bridgehead atoms. The third-order valence-electron chi connectivity index (χ3n) is 10.1. The molecule has 7 N–H and O–H groups in total. The molecule has 4 aromatic rings. The van der Waals surface area contributed by atoms with Gasteiger partial charge in [-0.15, -0.1) is 0 Å². The summed E-state index contributed by atoms with van der Waals surface area (Å²) in [6, 6.07) is 10.3. The number of carbonyl (C=O) groups excluding carboxylic acids is 4. The van der Waals surface area contributed by atoms with Crippen molar-refractivity contribution in [3.05, 3.63) is 71.0 Å². The van der Waals surface area contributed by atoms with Crippen LogP contribution in [-0.4, -0.2) is 130 Å². The molecule has 2 aliphatic heterocycles. The lowest BCUT2D eigenvalue weighted by atomic mass is 10.0. The summed E-state index contributed by atoms with van der Waals surface area (Å²) in [5, 5.41) is 3.34. The van der Waals surface area contributed by atoms with Crippen molar-refractivity contribution in [2.45, 2.75) is 63.7 Å². The first-order chi connectivity index (χ1) is 29.6. The average Bonchev–Trinajstić information content (AvgIpc) is 3.28. The number of nitrogens with zero attached hydrogens (tertiary/aromatic N) is 6. The molecule has 19 nitrogen and oxygen atoms in total. The molecule has 2 amide bonds. The van der Waals surface area contributed by atoms with Gasteiger partial charge in [0.15, 0.2) is 0 Å². The fourth-order valence-corrected chi connectivity index (χ4v) is 7.07. The molecule has 1 atom stereocenters. The maximum Gasteiger partial charge on any atom is 0.224 e. The molecule has 0 radical (unpaired) electrons. The molecule has 62 heavy (non-hydrogen) atoms. The van der Waals surface area contributed by atoms with E-state index < -0.39 is 16.6 Å². The summed E-state index contributed by atoms with van der Waals surface area (Å²) in [5.41, 5.74) is 18.5. The highest BCUT2D eigenvalue weighted by molar-refractivity contribution is 7.84. The summed E-state index contributed by atoms with van der Waals surface area (Å²) in [7, 11) is 4.64. The van der Waals surface area contributed by atoms with Crippen LogP contribution < -0.4 is 41.5 Å². The molecule has 2 aromatic heterocycles. The number of nitrogens with two attached hydrogens (primary N) is 3. The first kappa shape index (κ1) is 48.3. The van der Waals surface area contributed by atoms with Crippen molar-refractivity contribution in [1.29, 1.82) is 0 Å². The van der Waals surface area contributed by atoms with E-state index in [0.29, 0.717) is 59.4 Å². The number of hydrogen-bond donors (Lipinski definition) is 4. The van der Waals surface area contributed by atoms with Gasteiger partial charge in [-0.3, -0.25) is 23.4 Å². The molecule has 0 saturated carbocycles. The zero-order valence-electron chi connectivity index (χ0n) is 36.1. The molecule has 1 unspecified atom stereocenters. The summed E-state index contributed by atoms with van der Waals surface area (Å²) >= 11 is 0. The minimum atomic E-state index is -1.34. The maximum atomic E-state index is 13.0. The molecule has 2 fully saturated rings. The molecule has 2 aromatic carbocycles. The third kappa shape index (κ3) is 12.8. The smallest absolute Gasteiger partial charge is 0.224 e. The van der Waals surface area contributed by atoms with E-state index in [1.54, 1.807) is 57.2 Å². The van der Waals surface area contributed by atoms with Crippen LogP contribution in [0.4, 0.5) is 17.6 Å². The molecule has 0 aliphatic carbocycles. The Labute approximate surface area is 363 Å². The SMILES string of the molecule is CC(=O)N1CCC(N)CC1.CCS(=O)c1ncc(C(=O)c2cc(OC)ccc2OC)c(N)n1.COc1ccc(OC)c(C(=O)c2cnc(NC3CCN(C(C)=O)CC3)nc2N)c1. The van der Waals surface area contributed by atoms with Crippen molar-refractivity contribution in [3.8, 4) is 23.0 Å². The Morgan fingerprint density at radius 2 is 1.15 bits per heavy atom. The Morgan fingerprint density at radius 1 is 0.694 bits per heavy atom. The maximum absolute atomic E-state index is 13.0. The van der Waals surface area contributed by atoms with E-state index in [-0.39, 0.29) is 57.1 Å². The van der Waals surface area contributed by atoms with Crippen LogP contribution in [0.3, 0.4) is 0 Å². The second kappa shape index (κ2) is 23.0. The molecular weight excluding hydrogens is 821 g/mol. The van der Waals surface area contributed by atoms with E-state index in [9.17, 15) is 23.4 Å². The van der Waals surface area contributed by atoms with Gasteiger partial charge in [0.05, 0.1) is 61.5 Å². The fraction of sp³-hybridized carbons (Fsp3) is 0.429. The number of methoxy groups -OCH3 is 4. The number of ether oxygens (including phenoxy) is 4. The number of nitrogens with one attached hydrogen (secondary N) is 1. The van der Waals surface area contributed by atoms with E-state index >= 15 is 0 Å². The predicted molar refractivity (Wildman–Crippen MR) is 234 cm³/mol. The van der Waals surface area contributed by atoms with Gasteiger partial charge in [-0.05, 0) is 62.1 Å². The summed E-state index contributed by atoms with van der Waals surface area (Å²) in [6.07, 6.45) is 6.21. The van der Waals surface area contributed by atoms with Crippen LogP contribution in [-0.2, 0) is 20.4 Å². The number of likely N-dealkylation sites (tertiary alicyclic amines) is 2. The molecule has 334 valence electrons. The van der Waals surface area contributed by atoms with Crippen molar-refractivity contribution >= 4 is 51.8 Å². The lowest BCUT2D eigenvalue weighted by Gasteiger charge is -2.31. The zero-order chi connectivity index (χ0) is 45.5. The number of nitrogen functional groups attached to an aromatic ring is 2. The van der Waals surface area contributed by atoms with Crippen LogP contribution in [0.5, 0.6) is 23.0 Å². The minimum absolute atomic E-state index is 0.0216. The van der Waals surface area contributed by atoms with Crippen molar-refractivity contribution < 1.29 is 42.3 Å². The monoisotopic (exact) mass is 876 g/mol. The van der Waals surface area contributed by atoms with Gasteiger partial charge in [0.1, 0.15) is 34.6 Å². The van der Waals surface area contributed by atoms with Crippen molar-refractivity contribution in [2.24, 2.45) is 5.73 Å². The zero-order valence-corrected chi connectivity index (χ0v) is 37.0. The van der Waals surface area contributed by atoms with Crippen molar-refractivity contribution in [1.82, 2.24) is 29.7 Å². The number of aromatic nitrogens is 4. The first-order valence-corrected chi connectivity index (χ1v) is 21.2. The Balaban J connectivity index is 0.000000227. The number of amides is 2. The second-order valence-electron chi connectivity index (χ2n) is 14.1. The van der Waals surface area contributed by atoms with Crippen LogP contribution in [0.25, 0.3) is 0 Å². The van der Waals surface area contributed by atoms with Gasteiger partial charge in [-0.25, -0.2) is 15.0 Å². The van der Waals surface area contributed by atoms with Crippen molar-refractivity contribution in [2.75, 3.05) is 77.2 Å². The summed E-state index contributed by atoms with van der Waals surface area (Å²) < 4.78 is 32.5. The Hall–Kier alpha value is -6.41. The van der Waals surface area contributed by atoms with E-state index in [0.717, 1.165) is 38.8 Å². The number of anilines is 3. The summed E-state index contributed by atoms with van der Waals surface area (Å²) in [5.74, 6) is 2.14. The summed E-state index contributed by atoms with van der Waals surface area (Å²) in [4.78, 5) is 68.0. The highest BCUT2D eigenvalue weighted by atomic mass is 32.2. The molecule has 0 spiro atoms. The summed E-state index contributed by atoms with van der Waals surface area (Å²) in [6.45, 7) is 7.99. The normalized spacial score (nSPS) is 14.5. The van der Waals surface area contributed by atoms with Crippen LogP contribution in [0, 0.1) is 0 Å². The Morgan fingerprint density at radius 3 is 1.55 bits per heavy atom. The van der Waals surface area contributed by atoms with Crippen LogP contribution in [0.1, 0.15) is 78.3 Å². The van der Waals surface area contributed by atoms with E-state index in [1.165, 1.54) is 40.8 Å². The molecule has 2 aliphatic rings. The third-order valence-corrected chi connectivity index (χ3v) is 11.3. The first-order valence-electron chi connectivity index (χ1n) is 19.8. The predicted octanol–water partition coefficient (Wildman–Crippen LogP) is 3.12. The van der Waals surface area contributed by atoms with Crippen molar-refractivity contribution in [3.63, 3.8) is 0 Å². The number of hydrogen-bond acceptors (Lipinski definition) is 17. The number of ketones is 2.